The van der Waals surface area contributed by atoms with Gasteiger partial charge in [0.05, 0.1) is 15.9 Å². The molecule has 1 aliphatic rings. The van der Waals surface area contributed by atoms with Gasteiger partial charge in [0, 0.05) is 34.7 Å². The van der Waals surface area contributed by atoms with Gasteiger partial charge in [-0.2, -0.15) is 0 Å². The molecule has 10 nitrogen and oxygen atoms in total. The topological polar surface area (TPSA) is 139 Å². The number of nitrogens with one attached hydrogen (secondary N) is 2. The summed E-state index contributed by atoms with van der Waals surface area (Å²) in [4.78, 5) is 64.3. The Hall–Kier alpha value is -5.55. The highest BCUT2D eigenvalue weighted by Gasteiger charge is 2.40. The van der Waals surface area contributed by atoms with Gasteiger partial charge >= 0.3 is 0 Å². The fourth-order valence-electron chi connectivity index (χ4n) is 4.57. The first-order chi connectivity index (χ1) is 21.2. The molecule has 220 valence electrons. The number of thioether (sulfide) groups is 1. The van der Waals surface area contributed by atoms with Crippen molar-refractivity contribution >= 4 is 58.5 Å². The van der Waals surface area contributed by atoms with Gasteiger partial charge in [-0.15, -0.1) is 11.8 Å². The van der Waals surface area contributed by atoms with E-state index in [1.165, 1.54) is 36.0 Å². The van der Waals surface area contributed by atoms with Crippen LogP contribution in [0.4, 0.5) is 17.1 Å². The summed E-state index contributed by atoms with van der Waals surface area (Å²) in [6, 6.07) is 28.1. The van der Waals surface area contributed by atoms with Crippen molar-refractivity contribution in [1.29, 1.82) is 0 Å². The molecule has 0 radical (unpaired) electrons. The molecule has 0 bridgehead atoms. The van der Waals surface area contributed by atoms with Crippen molar-refractivity contribution in [3.8, 4) is 0 Å². The average molecular weight is 607 g/mol. The zero-order valence-corrected chi connectivity index (χ0v) is 24.2. The third-order valence-corrected chi connectivity index (χ3v) is 7.86. The van der Waals surface area contributed by atoms with Crippen molar-refractivity contribution in [2.45, 2.75) is 23.5 Å². The highest BCUT2D eigenvalue weighted by atomic mass is 32.2. The number of nitro benzene ring substituents is 1. The molecular weight excluding hydrogens is 580 g/mol. The first-order valence-electron chi connectivity index (χ1n) is 13.5. The second-order valence-electron chi connectivity index (χ2n) is 9.93. The Balaban J connectivity index is 1.31. The summed E-state index contributed by atoms with van der Waals surface area (Å²) in [5.74, 6) is -1.83. The maximum Gasteiger partial charge on any atom is 0.272 e. The van der Waals surface area contributed by atoms with Gasteiger partial charge in [0.15, 0.2) is 0 Å². The molecule has 4 aromatic rings. The molecule has 4 aromatic carbocycles. The minimum absolute atomic E-state index is 0.0396. The molecule has 5 rings (SSSR count). The number of hydrogen-bond acceptors (Lipinski definition) is 7. The lowest BCUT2D eigenvalue weighted by Gasteiger charge is -2.15. The number of anilines is 2. The number of non-ortho nitro benzene ring substituents is 1. The lowest BCUT2D eigenvalue weighted by molar-refractivity contribution is -0.384. The van der Waals surface area contributed by atoms with Crippen molar-refractivity contribution in [2.24, 2.45) is 0 Å². The molecule has 44 heavy (non-hydrogen) atoms. The van der Waals surface area contributed by atoms with Gasteiger partial charge in [0.2, 0.25) is 11.8 Å². The maximum atomic E-state index is 13.4. The van der Waals surface area contributed by atoms with Crippen LogP contribution in [0.5, 0.6) is 0 Å². The molecule has 0 saturated carbocycles. The van der Waals surface area contributed by atoms with Crippen LogP contribution in [0.1, 0.15) is 27.9 Å². The normalized spacial score (nSPS) is 14.8. The van der Waals surface area contributed by atoms with Crippen LogP contribution < -0.4 is 15.5 Å². The fraction of sp³-hybridized carbons (Fsp3) is 0.0909. The van der Waals surface area contributed by atoms with Crippen LogP contribution in [-0.2, 0) is 14.4 Å². The summed E-state index contributed by atoms with van der Waals surface area (Å²) in [6.07, 6.45) is 1.54. The number of carbonyl (C=O) groups excluding carboxylic acids is 4. The Kier molecular flexibility index (Phi) is 8.96. The van der Waals surface area contributed by atoms with Crippen molar-refractivity contribution < 1.29 is 24.1 Å². The predicted molar refractivity (Wildman–Crippen MR) is 168 cm³/mol. The van der Waals surface area contributed by atoms with Crippen LogP contribution in [-0.4, -0.2) is 33.8 Å². The van der Waals surface area contributed by atoms with E-state index in [1.54, 1.807) is 60.7 Å². The Morgan fingerprint density at radius 1 is 0.932 bits per heavy atom. The van der Waals surface area contributed by atoms with E-state index >= 15 is 0 Å². The van der Waals surface area contributed by atoms with Crippen molar-refractivity contribution in [3.63, 3.8) is 0 Å². The van der Waals surface area contributed by atoms with E-state index in [2.05, 4.69) is 10.6 Å². The molecule has 4 amide bonds. The summed E-state index contributed by atoms with van der Waals surface area (Å²) in [7, 11) is 0. The van der Waals surface area contributed by atoms with Gasteiger partial charge < -0.3 is 10.6 Å². The van der Waals surface area contributed by atoms with Gasteiger partial charge in [-0.3, -0.25) is 29.3 Å². The van der Waals surface area contributed by atoms with E-state index in [1.807, 2.05) is 31.2 Å². The summed E-state index contributed by atoms with van der Waals surface area (Å²) in [5.41, 5.74) is 2.70. The van der Waals surface area contributed by atoms with Crippen LogP contribution in [0.2, 0.25) is 0 Å². The van der Waals surface area contributed by atoms with Crippen molar-refractivity contribution in [2.75, 3.05) is 10.2 Å². The molecule has 0 unspecified atom stereocenters. The standard InChI is InChI=1S/C33H26N4O6S/c1-21-7-5-8-22(17-21)18-28(35-31(39)23-9-3-2-4-10-23)32(40)34-24-11-6-12-27(19-24)44-29-20-30(38)36(33(29)41)25-13-15-26(16-14-25)37(42)43/h2-19,29H,20H2,1H3,(H,34,40)(H,35,39)/b28-18-/t29-/m1/s1. The van der Waals surface area contributed by atoms with Crippen molar-refractivity contribution in [1.82, 2.24) is 5.32 Å². The quantitative estimate of drug-likeness (QED) is 0.107. The second kappa shape index (κ2) is 13.2. The fourth-order valence-corrected chi connectivity index (χ4v) is 5.68. The Morgan fingerprint density at radius 3 is 2.36 bits per heavy atom. The number of imide groups is 1. The zero-order valence-electron chi connectivity index (χ0n) is 23.4. The number of hydrogen-bond donors (Lipinski definition) is 2. The van der Waals surface area contributed by atoms with Crippen LogP contribution in [0.15, 0.2) is 114 Å². The van der Waals surface area contributed by atoms with E-state index in [0.29, 0.717) is 16.1 Å². The molecule has 0 aliphatic carbocycles. The first-order valence-corrected chi connectivity index (χ1v) is 14.4. The van der Waals surface area contributed by atoms with E-state index < -0.39 is 33.8 Å². The maximum absolute atomic E-state index is 13.4. The summed E-state index contributed by atoms with van der Waals surface area (Å²) >= 11 is 1.18. The number of benzene rings is 4. The molecule has 1 aliphatic heterocycles. The van der Waals surface area contributed by atoms with E-state index in [9.17, 15) is 29.3 Å². The summed E-state index contributed by atoms with van der Waals surface area (Å²) in [6.45, 7) is 1.93. The molecule has 1 saturated heterocycles. The number of rotatable bonds is 9. The van der Waals surface area contributed by atoms with Gasteiger partial charge in [-0.1, -0.05) is 54.1 Å². The minimum atomic E-state index is -0.717. The zero-order chi connectivity index (χ0) is 31.2. The van der Waals surface area contributed by atoms with Gasteiger partial charge in [0.25, 0.3) is 17.5 Å². The van der Waals surface area contributed by atoms with Crippen LogP contribution in [0.3, 0.4) is 0 Å². The SMILES string of the molecule is Cc1cccc(/C=C(\NC(=O)c2ccccc2)C(=O)Nc2cccc(S[C@@H]3CC(=O)N(c4ccc([N+](=O)[O-])cc4)C3=O)c2)c1. The van der Waals surface area contributed by atoms with E-state index in [0.717, 1.165) is 16.0 Å². The Morgan fingerprint density at radius 2 is 1.66 bits per heavy atom. The number of amides is 4. The Bertz CT molecular complexity index is 1790. The highest BCUT2D eigenvalue weighted by molar-refractivity contribution is 8.00. The molecular formula is C33H26N4O6S. The highest BCUT2D eigenvalue weighted by Crippen LogP contribution is 2.35. The van der Waals surface area contributed by atoms with Crippen LogP contribution >= 0.6 is 11.8 Å². The first kappa shape index (κ1) is 29.9. The summed E-state index contributed by atoms with van der Waals surface area (Å²) in [5, 5.41) is 15.8. The molecule has 1 fully saturated rings. The lowest BCUT2D eigenvalue weighted by Crippen LogP contribution is -2.31. The average Bonchev–Trinajstić information content (AvgIpc) is 3.29. The number of aryl methyl sites for hydroxylation is 1. The Labute approximate surface area is 256 Å². The predicted octanol–water partition coefficient (Wildman–Crippen LogP) is 5.74. The summed E-state index contributed by atoms with van der Waals surface area (Å²) < 4.78 is 0. The third kappa shape index (κ3) is 7.08. The lowest BCUT2D eigenvalue weighted by atomic mass is 10.1. The minimum Gasteiger partial charge on any atom is -0.321 e. The molecule has 1 atom stereocenters. The van der Waals surface area contributed by atoms with E-state index in [4.69, 9.17) is 0 Å². The third-order valence-electron chi connectivity index (χ3n) is 6.68. The number of nitrogens with zero attached hydrogens (tertiary/aromatic N) is 2. The molecule has 2 N–H and O–H groups in total. The molecule has 11 heteroatoms. The number of carbonyl (C=O) groups is 4. The van der Waals surface area contributed by atoms with Crippen molar-refractivity contribution in [3.05, 3.63) is 136 Å². The number of nitro groups is 1. The molecule has 0 spiro atoms. The second-order valence-corrected chi connectivity index (χ2v) is 11.2. The van der Waals surface area contributed by atoms with Crippen LogP contribution in [0, 0.1) is 17.0 Å². The van der Waals surface area contributed by atoms with Crippen LogP contribution in [0.25, 0.3) is 6.08 Å². The molecule has 1 heterocycles. The van der Waals surface area contributed by atoms with Gasteiger partial charge in [-0.05, 0) is 61.0 Å². The molecule has 0 aromatic heterocycles. The monoisotopic (exact) mass is 606 g/mol. The van der Waals surface area contributed by atoms with Gasteiger partial charge in [0.1, 0.15) is 5.70 Å². The van der Waals surface area contributed by atoms with E-state index in [-0.39, 0.29) is 23.5 Å². The largest absolute Gasteiger partial charge is 0.321 e. The van der Waals surface area contributed by atoms with Gasteiger partial charge in [-0.25, -0.2) is 4.90 Å². The smallest absolute Gasteiger partial charge is 0.272 e.